The predicted octanol–water partition coefficient (Wildman–Crippen LogP) is 4.49. The SMILES string of the molecule is COc1cc(CN(C)C2CCOCC2)cc(I)c1OCc1ccccc1. The monoisotopic (exact) mass is 467 g/mol. The minimum Gasteiger partial charge on any atom is -0.493 e. The fraction of sp³-hybridized carbons (Fsp3) is 0.429. The Balaban J connectivity index is 1.69. The van der Waals surface area contributed by atoms with E-state index in [-0.39, 0.29) is 0 Å². The molecule has 3 rings (SSSR count). The molecule has 2 aromatic rings. The van der Waals surface area contributed by atoms with Gasteiger partial charge >= 0.3 is 0 Å². The Labute approximate surface area is 169 Å². The van der Waals surface area contributed by atoms with Gasteiger partial charge in [-0.05, 0) is 65.7 Å². The molecule has 5 heteroatoms. The average Bonchev–Trinajstić information content (AvgIpc) is 2.68. The van der Waals surface area contributed by atoms with Crippen LogP contribution in [-0.2, 0) is 17.9 Å². The standard InChI is InChI=1S/C21H26INO3/c1-23(18-8-10-25-11-9-18)14-17-12-19(22)21(20(13-17)24-2)26-15-16-6-4-3-5-7-16/h3-7,12-13,18H,8-11,14-15H2,1-2H3. The van der Waals surface area contributed by atoms with Crippen molar-refractivity contribution in [3.05, 3.63) is 57.2 Å². The lowest BCUT2D eigenvalue weighted by Gasteiger charge is -2.31. The van der Waals surface area contributed by atoms with Crippen molar-refractivity contribution in [1.82, 2.24) is 4.90 Å². The van der Waals surface area contributed by atoms with Crippen LogP contribution in [0.4, 0.5) is 0 Å². The molecule has 2 aromatic carbocycles. The van der Waals surface area contributed by atoms with Crippen molar-refractivity contribution in [1.29, 1.82) is 0 Å². The molecular weight excluding hydrogens is 441 g/mol. The van der Waals surface area contributed by atoms with Gasteiger partial charge in [0.2, 0.25) is 0 Å². The first-order chi connectivity index (χ1) is 12.7. The molecule has 1 fully saturated rings. The summed E-state index contributed by atoms with van der Waals surface area (Å²) in [7, 11) is 3.89. The Kier molecular flexibility index (Phi) is 7.16. The van der Waals surface area contributed by atoms with E-state index in [1.54, 1.807) is 7.11 Å². The van der Waals surface area contributed by atoms with Gasteiger partial charge in [-0.3, -0.25) is 4.90 Å². The van der Waals surface area contributed by atoms with E-state index in [0.717, 1.165) is 53.2 Å². The quantitative estimate of drug-likeness (QED) is 0.562. The maximum absolute atomic E-state index is 6.06. The summed E-state index contributed by atoms with van der Waals surface area (Å²) in [6.07, 6.45) is 2.20. The number of nitrogens with zero attached hydrogens (tertiary/aromatic N) is 1. The second-order valence-corrected chi connectivity index (χ2v) is 7.80. The Bertz CT molecular complexity index is 702. The summed E-state index contributed by atoms with van der Waals surface area (Å²) in [6.45, 7) is 3.16. The van der Waals surface area contributed by atoms with Crippen LogP contribution in [-0.4, -0.2) is 38.3 Å². The lowest BCUT2D eigenvalue weighted by molar-refractivity contribution is 0.0406. The zero-order valence-electron chi connectivity index (χ0n) is 15.4. The van der Waals surface area contributed by atoms with Gasteiger partial charge in [0.1, 0.15) is 6.61 Å². The van der Waals surface area contributed by atoms with E-state index in [9.17, 15) is 0 Å². The number of methoxy groups -OCH3 is 1. The van der Waals surface area contributed by atoms with E-state index in [1.165, 1.54) is 5.56 Å². The van der Waals surface area contributed by atoms with E-state index >= 15 is 0 Å². The number of hydrogen-bond acceptors (Lipinski definition) is 4. The first kappa shape index (κ1) is 19.5. The molecule has 26 heavy (non-hydrogen) atoms. The number of halogens is 1. The van der Waals surface area contributed by atoms with Gasteiger partial charge < -0.3 is 14.2 Å². The molecule has 1 heterocycles. The summed E-state index contributed by atoms with van der Waals surface area (Å²) in [5.41, 5.74) is 2.39. The molecule has 0 radical (unpaired) electrons. The molecule has 0 unspecified atom stereocenters. The first-order valence-electron chi connectivity index (χ1n) is 8.98. The van der Waals surface area contributed by atoms with Gasteiger partial charge in [-0.15, -0.1) is 0 Å². The van der Waals surface area contributed by atoms with Crippen molar-refractivity contribution in [2.45, 2.75) is 32.0 Å². The number of ether oxygens (including phenoxy) is 3. The van der Waals surface area contributed by atoms with Crippen LogP contribution in [0.5, 0.6) is 11.5 Å². The maximum Gasteiger partial charge on any atom is 0.174 e. The summed E-state index contributed by atoms with van der Waals surface area (Å²) in [5.74, 6) is 1.61. The molecule has 1 aliphatic rings. The van der Waals surface area contributed by atoms with Crippen molar-refractivity contribution in [2.24, 2.45) is 0 Å². The largest absolute Gasteiger partial charge is 0.493 e. The molecule has 0 N–H and O–H groups in total. The van der Waals surface area contributed by atoms with Gasteiger partial charge in [0, 0.05) is 25.8 Å². The smallest absolute Gasteiger partial charge is 0.174 e. The minimum absolute atomic E-state index is 0.536. The first-order valence-corrected chi connectivity index (χ1v) is 10.1. The molecule has 0 atom stereocenters. The third kappa shape index (κ3) is 5.11. The van der Waals surface area contributed by atoms with E-state index in [2.05, 4.69) is 58.8 Å². The summed E-state index contributed by atoms with van der Waals surface area (Å²) in [5, 5.41) is 0. The second kappa shape index (κ2) is 9.58. The third-order valence-electron chi connectivity index (χ3n) is 4.76. The highest BCUT2D eigenvalue weighted by atomic mass is 127. The van der Waals surface area contributed by atoms with E-state index in [1.807, 2.05) is 18.2 Å². The van der Waals surface area contributed by atoms with Gasteiger partial charge in [0.15, 0.2) is 11.5 Å². The zero-order valence-corrected chi connectivity index (χ0v) is 17.6. The lowest BCUT2D eigenvalue weighted by Crippen LogP contribution is -2.36. The molecule has 0 amide bonds. The van der Waals surface area contributed by atoms with Crippen LogP contribution in [0.15, 0.2) is 42.5 Å². The highest BCUT2D eigenvalue weighted by molar-refractivity contribution is 14.1. The van der Waals surface area contributed by atoms with Crippen LogP contribution in [0.25, 0.3) is 0 Å². The van der Waals surface area contributed by atoms with Crippen molar-refractivity contribution in [2.75, 3.05) is 27.4 Å². The van der Waals surface area contributed by atoms with Crippen LogP contribution in [0.1, 0.15) is 24.0 Å². The average molecular weight is 467 g/mol. The van der Waals surface area contributed by atoms with Gasteiger partial charge in [-0.2, -0.15) is 0 Å². The molecule has 0 aromatic heterocycles. The third-order valence-corrected chi connectivity index (χ3v) is 5.56. The summed E-state index contributed by atoms with van der Waals surface area (Å²) < 4.78 is 18.2. The van der Waals surface area contributed by atoms with Gasteiger partial charge in [-0.25, -0.2) is 0 Å². The Morgan fingerprint density at radius 2 is 1.85 bits per heavy atom. The highest BCUT2D eigenvalue weighted by Gasteiger charge is 2.20. The molecule has 4 nitrogen and oxygen atoms in total. The fourth-order valence-corrected chi connectivity index (χ4v) is 4.10. The van der Waals surface area contributed by atoms with Crippen LogP contribution in [0.3, 0.4) is 0 Å². The van der Waals surface area contributed by atoms with Crippen LogP contribution in [0, 0.1) is 3.57 Å². The Hall–Kier alpha value is -1.31. The molecule has 0 aliphatic carbocycles. The lowest BCUT2D eigenvalue weighted by atomic mass is 10.1. The van der Waals surface area contributed by atoms with Gasteiger partial charge in [-0.1, -0.05) is 30.3 Å². The molecule has 1 saturated heterocycles. The normalized spacial score (nSPS) is 15.2. The number of benzene rings is 2. The second-order valence-electron chi connectivity index (χ2n) is 6.64. The molecule has 140 valence electrons. The van der Waals surface area contributed by atoms with Crippen molar-refractivity contribution >= 4 is 22.6 Å². The van der Waals surface area contributed by atoms with Crippen molar-refractivity contribution in [3.63, 3.8) is 0 Å². The van der Waals surface area contributed by atoms with Crippen molar-refractivity contribution in [3.8, 4) is 11.5 Å². The summed E-state index contributed by atoms with van der Waals surface area (Å²) in [6, 6.07) is 15.1. The maximum atomic E-state index is 6.06. The van der Waals surface area contributed by atoms with E-state index in [4.69, 9.17) is 14.2 Å². The Morgan fingerprint density at radius 3 is 2.54 bits per heavy atom. The van der Waals surface area contributed by atoms with Gasteiger partial charge in [0.25, 0.3) is 0 Å². The highest BCUT2D eigenvalue weighted by Crippen LogP contribution is 2.35. The molecule has 0 saturated carbocycles. The summed E-state index contributed by atoms with van der Waals surface area (Å²) >= 11 is 2.34. The van der Waals surface area contributed by atoms with Crippen LogP contribution >= 0.6 is 22.6 Å². The summed E-state index contributed by atoms with van der Waals surface area (Å²) in [4.78, 5) is 2.41. The van der Waals surface area contributed by atoms with E-state index in [0.29, 0.717) is 12.6 Å². The van der Waals surface area contributed by atoms with Gasteiger partial charge in [0.05, 0.1) is 10.7 Å². The number of hydrogen-bond donors (Lipinski definition) is 0. The van der Waals surface area contributed by atoms with Crippen LogP contribution in [0.2, 0.25) is 0 Å². The van der Waals surface area contributed by atoms with Crippen molar-refractivity contribution < 1.29 is 14.2 Å². The zero-order chi connectivity index (χ0) is 18.4. The topological polar surface area (TPSA) is 30.9 Å². The fourth-order valence-electron chi connectivity index (χ4n) is 3.28. The molecule has 0 bridgehead atoms. The molecule has 0 spiro atoms. The van der Waals surface area contributed by atoms with E-state index < -0.39 is 0 Å². The molecule has 1 aliphatic heterocycles. The minimum atomic E-state index is 0.536. The number of rotatable bonds is 7. The predicted molar refractivity (Wildman–Crippen MR) is 112 cm³/mol. The van der Waals surface area contributed by atoms with Crippen LogP contribution < -0.4 is 9.47 Å². The Morgan fingerprint density at radius 1 is 1.12 bits per heavy atom. The molecular formula is C21H26INO3.